The highest BCUT2D eigenvalue weighted by molar-refractivity contribution is 6.30. The number of nitrogens with one attached hydrogen (secondary N) is 1. The van der Waals surface area contributed by atoms with E-state index < -0.39 is 0 Å². The Morgan fingerprint density at radius 3 is 2.64 bits per heavy atom. The van der Waals surface area contributed by atoms with Crippen LogP contribution >= 0.6 is 0 Å². The van der Waals surface area contributed by atoms with Crippen molar-refractivity contribution in [2.24, 2.45) is 15.1 Å². The second-order valence-electron chi connectivity index (χ2n) is 9.21. The van der Waals surface area contributed by atoms with E-state index in [0.717, 1.165) is 63.0 Å². The van der Waals surface area contributed by atoms with Gasteiger partial charge in [-0.1, -0.05) is 12.1 Å². The van der Waals surface area contributed by atoms with E-state index in [1.54, 1.807) is 0 Å². The van der Waals surface area contributed by atoms with Crippen LogP contribution in [0.1, 0.15) is 31.4 Å². The van der Waals surface area contributed by atoms with Gasteiger partial charge in [-0.25, -0.2) is 0 Å². The van der Waals surface area contributed by atoms with E-state index in [0.29, 0.717) is 12.6 Å². The van der Waals surface area contributed by atoms with Gasteiger partial charge in [0.1, 0.15) is 12.0 Å². The molecule has 2 atom stereocenters. The monoisotopic (exact) mass is 486 g/mol. The fraction of sp³-hybridized carbons (Fsp3) is 0.370. The zero-order valence-electron chi connectivity index (χ0n) is 20.6. The maximum atomic E-state index is 5.64. The molecular formula is C27H32N7O2+. The summed E-state index contributed by atoms with van der Waals surface area (Å²) in [6.07, 6.45) is 7.80. The summed E-state index contributed by atoms with van der Waals surface area (Å²) in [6, 6.07) is 17.1. The lowest BCUT2D eigenvalue weighted by atomic mass is 10.1. The van der Waals surface area contributed by atoms with Crippen LogP contribution in [0.4, 0.5) is 11.4 Å². The summed E-state index contributed by atoms with van der Waals surface area (Å²) in [7, 11) is 0. The normalized spacial score (nSPS) is 25.5. The third-order valence-corrected chi connectivity index (χ3v) is 7.05. The molecular weight excluding hydrogens is 454 g/mol. The SMILES string of the molecule is CCOc1ccc(C2CCCN2[N+]23C=CN=CC2=NC(Nc2ccc(N4CCOCC4)cc2)=N3)cc1. The molecule has 4 aliphatic heterocycles. The van der Waals surface area contributed by atoms with Crippen molar-refractivity contribution >= 4 is 29.4 Å². The van der Waals surface area contributed by atoms with Crippen LogP contribution in [-0.2, 0) is 4.74 Å². The van der Waals surface area contributed by atoms with E-state index in [-0.39, 0.29) is 10.7 Å². The number of ether oxygens (including phenoxy) is 2. The van der Waals surface area contributed by atoms with Gasteiger partial charge in [-0.2, -0.15) is 0 Å². The van der Waals surface area contributed by atoms with E-state index in [2.05, 4.69) is 68.7 Å². The molecule has 0 bridgehead atoms. The molecule has 0 saturated carbocycles. The van der Waals surface area contributed by atoms with Crippen molar-refractivity contribution in [2.75, 3.05) is 49.7 Å². The Kier molecular flexibility index (Phi) is 6.27. The number of benzene rings is 2. The number of rotatable bonds is 6. The zero-order chi connectivity index (χ0) is 24.4. The number of hydrogen-bond acceptors (Lipinski definition) is 8. The molecule has 2 fully saturated rings. The molecule has 0 aliphatic carbocycles. The number of morpholine rings is 1. The Balaban J connectivity index is 1.23. The molecule has 186 valence electrons. The van der Waals surface area contributed by atoms with Crippen LogP contribution < -0.4 is 15.0 Å². The van der Waals surface area contributed by atoms with Gasteiger partial charge in [-0.05, 0) is 71.5 Å². The summed E-state index contributed by atoms with van der Waals surface area (Å²) in [6.45, 7) is 6.98. The standard InChI is InChI=1S/C27H32N7O2/c1-2-36-24-11-5-21(6-12-24)25-4-3-14-33(25)34-17-13-28-20-26(34)30-27(31-34)29-22-7-9-23(10-8-22)32-15-18-35-19-16-32/h5-13,17,20,25H,2-4,14-16,18-19H2,1H3,(H,29,31)/q+1. The highest BCUT2D eigenvalue weighted by atomic mass is 16.5. The first-order valence-electron chi connectivity index (χ1n) is 12.7. The molecule has 0 amide bonds. The molecule has 2 aromatic rings. The molecule has 0 spiro atoms. The van der Waals surface area contributed by atoms with Gasteiger partial charge in [0.15, 0.2) is 6.20 Å². The van der Waals surface area contributed by atoms with E-state index >= 15 is 0 Å². The largest absolute Gasteiger partial charge is 0.494 e. The lowest BCUT2D eigenvalue weighted by Crippen LogP contribution is -2.56. The molecule has 0 aromatic heterocycles. The second kappa shape index (κ2) is 9.85. The molecule has 9 heteroatoms. The van der Waals surface area contributed by atoms with Crippen LogP contribution in [0.3, 0.4) is 0 Å². The zero-order valence-corrected chi connectivity index (χ0v) is 20.6. The highest BCUT2D eigenvalue weighted by Gasteiger charge is 2.51. The van der Waals surface area contributed by atoms with Crippen molar-refractivity contribution in [1.82, 2.24) is 5.01 Å². The summed E-state index contributed by atoms with van der Waals surface area (Å²) in [4.78, 5) is 11.5. The number of guanidine groups is 1. The van der Waals surface area contributed by atoms with Gasteiger partial charge >= 0.3 is 5.84 Å². The Labute approximate surface area is 211 Å². The average molecular weight is 487 g/mol. The number of nitrogens with zero attached hydrogens (tertiary/aromatic N) is 6. The Morgan fingerprint density at radius 2 is 1.86 bits per heavy atom. The molecule has 36 heavy (non-hydrogen) atoms. The van der Waals surface area contributed by atoms with Gasteiger partial charge in [0, 0.05) is 24.5 Å². The van der Waals surface area contributed by atoms with E-state index in [9.17, 15) is 0 Å². The average Bonchev–Trinajstić information content (AvgIpc) is 3.56. The van der Waals surface area contributed by atoms with Crippen LogP contribution in [-0.4, -0.2) is 67.2 Å². The predicted molar refractivity (Wildman–Crippen MR) is 142 cm³/mol. The molecule has 4 heterocycles. The first kappa shape index (κ1) is 22.9. The molecule has 0 radical (unpaired) electrons. The Hall–Kier alpha value is -3.53. The first-order chi connectivity index (χ1) is 17.7. The third kappa shape index (κ3) is 4.30. The number of aliphatic imine (C=N–C) groups is 2. The molecule has 2 unspecified atom stereocenters. The van der Waals surface area contributed by atoms with Crippen molar-refractivity contribution in [3.8, 4) is 5.75 Å². The topological polar surface area (TPSA) is 74.0 Å². The van der Waals surface area contributed by atoms with Crippen LogP contribution in [0.5, 0.6) is 5.75 Å². The maximum absolute atomic E-state index is 5.64. The molecule has 4 aliphatic rings. The van der Waals surface area contributed by atoms with E-state index in [4.69, 9.17) is 19.6 Å². The van der Waals surface area contributed by atoms with Crippen molar-refractivity contribution in [1.29, 1.82) is 0 Å². The maximum Gasteiger partial charge on any atom is 0.301 e. The highest BCUT2D eigenvalue weighted by Crippen LogP contribution is 2.40. The molecule has 9 nitrogen and oxygen atoms in total. The van der Waals surface area contributed by atoms with Gasteiger partial charge in [0.2, 0.25) is 0 Å². The van der Waals surface area contributed by atoms with Gasteiger partial charge < -0.3 is 19.7 Å². The second-order valence-corrected chi connectivity index (χ2v) is 9.21. The quantitative estimate of drug-likeness (QED) is 0.622. The summed E-state index contributed by atoms with van der Waals surface area (Å²) < 4.78 is 11.3. The fourth-order valence-electron chi connectivity index (χ4n) is 5.31. The number of hydrogen-bond donors (Lipinski definition) is 1. The molecule has 1 N–H and O–H groups in total. The van der Waals surface area contributed by atoms with Crippen molar-refractivity contribution < 1.29 is 14.2 Å². The minimum Gasteiger partial charge on any atom is -0.494 e. The predicted octanol–water partition coefficient (Wildman–Crippen LogP) is 4.14. The van der Waals surface area contributed by atoms with Gasteiger partial charge in [0.25, 0.3) is 5.96 Å². The van der Waals surface area contributed by atoms with E-state index in [1.165, 1.54) is 11.3 Å². The third-order valence-electron chi connectivity index (χ3n) is 7.05. The minimum atomic E-state index is 0.204. The smallest absolute Gasteiger partial charge is 0.301 e. The Bertz CT molecular complexity index is 1200. The van der Waals surface area contributed by atoms with Crippen LogP contribution in [0, 0.1) is 0 Å². The molecule has 2 saturated heterocycles. The van der Waals surface area contributed by atoms with Crippen molar-refractivity contribution in [3.05, 3.63) is 66.5 Å². The van der Waals surface area contributed by atoms with Crippen molar-refractivity contribution in [3.63, 3.8) is 0 Å². The summed E-state index contributed by atoms with van der Waals surface area (Å²) in [5, 5.41) is 10.9. The van der Waals surface area contributed by atoms with Crippen LogP contribution in [0.25, 0.3) is 0 Å². The van der Waals surface area contributed by atoms with E-state index in [1.807, 2.05) is 25.5 Å². The summed E-state index contributed by atoms with van der Waals surface area (Å²) in [5.74, 6) is 2.28. The molecule has 6 rings (SSSR count). The van der Waals surface area contributed by atoms with Crippen molar-refractivity contribution in [2.45, 2.75) is 25.8 Å². The number of quaternary nitrogens is 1. The first-order valence-corrected chi connectivity index (χ1v) is 12.7. The number of fused-ring (bicyclic) bond motifs is 1. The Morgan fingerprint density at radius 1 is 1.06 bits per heavy atom. The number of anilines is 2. The summed E-state index contributed by atoms with van der Waals surface area (Å²) >= 11 is 0. The molecule has 2 aromatic carbocycles. The van der Waals surface area contributed by atoms with Gasteiger partial charge in [0.05, 0.1) is 38.6 Å². The summed E-state index contributed by atoms with van der Waals surface area (Å²) in [5.41, 5.74) is 3.42. The van der Waals surface area contributed by atoms with Crippen LogP contribution in [0.2, 0.25) is 0 Å². The van der Waals surface area contributed by atoms with Crippen LogP contribution in [0.15, 0.2) is 76.0 Å². The lowest BCUT2D eigenvalue weighted by Gasteiger charge is -2.36. The lowest BCUT2D eigenvalue weighted by molar-refractivity contribution is -0.921. The number of amidine groups is 1. The van der Waals surface area contributed by atoms with Gasteiger partial charge in [-0.15, -0.1) is 10.0 Å². The fourth-order valence-corrected chi connectivity index (χ4v) is 5.31. The minimum absolute atomic E-state index is 0.204. The van der Waals surface area contributed by atoms with Gasteiger partial charge in [-0.3, -0.25) is 4.99 Å².